The Labute approximate surface area is 174 Å². The van der Waals surface area contributed by atoms with E-state index in [1.54, 1.807) is 36.4 Å². The highest BCUT2D eigenvalue weighted by atomic mass is 16.7. The number of hydrogen-bond donors (Lipinski definition) is 2. The first-order chi connectivity index (χ1) is 14.6. The molecular formula is C24H19NO5. The maximum absolute atomic E-state index is 12.5. The van der Waals surface area contributed by atoms with Crippen LogP contribution in [0, 0.1) is 12.3 Å². The van der Waals surface area contributed by atoms with Gasteiger partial charge < -0.3 is 14.6 Å². The van der Waals surface area contributed by atoms with Crippen molar-refractivity contribution in [2.45, 2.75) is 12.8 Å². The van der Waals surface area contributed by atoms with Crippen LogP contribution in [0.25, 0.3) is 11.1 Å². The van der Waals surface area contributed by atoms with Crippen molar-refractivity contribution in [3.05, 3.63) is 78.4 Å². The number of nitrogens with one attached hydrogen (secondary N) is 1. The van der Waals surface area contributed by atoms with Crippen LogP contribution in [-0.2, 0) is 6.42 Å². The standard InChI is InChI=1S/C24H19NO5/c1-2-3-14-20-19(17-10-6-4-7-11-17)15-16-21(30-24(27)28)22(20)25-23(26)29-18-12-8-5-9-13-18/h1,4-13,15-16H,3,14H2,(H,25,26)(H,27,28). The first kappa shape index (κ1) is 20.5. The van der Waals surface area contributed by atoms with Crippen molar-refractivity contribution < 1.29 is 24.2 Å². The van der Waals surface area contributed by atoms with Gasteiger partial charge in [0.1, 0.15) is 5.75 Å². The predicted octanol–water partition coefficient (Wildman–Crippen LogP) is 5.59. The zero-order chi connectivity index (χ0) is 21.3. The summed E-state index contributed by atoms with van der Waals surface area (Å²) >= 11 is 0. The Morgan fingerprint density at radius 2 is 1.60 bits per heavy atom. The normalized spacial score (nSPS) is 9.97. The molecule has 0 radical (unpaired) electrons. The largest absolute Gasteiger partial charge is 0.511 e. The van der Waals surface area contributed by atoms with Crippen LogP contribution < -0.4 is 14.8 Å². The quantitative estimate of drug-likeness (QED) is 0.320. The number of carboxylic acid groups (broad SMARTS) is 1. The van der Waals surface area contributed by atoms with Gasteiger partial charge in [0.2, 0.25) is 0 Å². The fourth-order valence-corrected chi connectivity index (χ4v) is 3.01. The minimum absolute atomic E-state index is 0.0146. The van der Waals surface area contributed by atoms with Crippen LogP contribution in [0.5, 0.6) is 11.5 Å². The minimum atomic E-state index is -1.50. The highest BCUT2D eigenvalue weighted by molar-refractivity contribution is 5.92. The van der Waals surface area contributed by atoms with E-state index < -0.39 is 12.2 Å². The summed E-state index contributed by atoms with van der Waals surface area (Å²) in [6, 6.07) is 21.3. The number of amides is 1. The number of anilines is 1. The smallest absolute Gasteiger partial charge is 0.449 e. The molecule has 0 aliphatic heterocycles. The lowest BCUT2D eigenvalue weighted by Gasteiger charge is -2.18. The van der Waals surface area contributed by atoms with E-state index in [0.29, 0.717) is 24.2 Å². The van der Waals surface area contributed by atoms with Crippen molar-refractivity contribution in [1.82, 2.24) is 0 Å². The number of carbonyl (C=O) groups is 2. The molecule has 0 unspecified atom stereocenters. The van der Waals surface area contributed by atoms with Gasteiger partial charge in [-0.25, -0.2) is 9.59 Å². The summed E-state index contributed by atoms with van der Waals surface area (Å²) in [6.07, 6.45) is 3.97. The third kappa shape index (κ3) is 5.18. The fourth-order valence-electron chi connectivity index (χ4n) is 3.01. The fraction of sp³-hybridized carbons (Fsp3) is 0.0833. The number of terminal acetylenes is 1. The number of hydrogen-bond acceptors (Lipinski definition) is 4. The van der Waals surface area contributed by atoms with Gasteiger partial charge in [-0.15, -0.1) is 12.3 Å². The second kappa shape index (κ2) is 9.80. The molecule has 0 heterocycles. The molecule has 0 aromatic heterocycles. The molecule has 0 aliphatic rings. The average molecular weight is 401 g/mol. The summed E-state index contributed by atoms with van der Waals surface area (Å²) in [4.78, 5) is 23.7. The van der Waals surface area contributed by atoms with Crippen LogP contribution in [0.2, 0.25) is 0 Å². The Balaban J connectivity index is 2.04. The van der Waals surface area contributed by atoms with E-state index in [1.807, 2.05) is 30.3 Å². The Morgan fingerprint density at radius 1 is 0.933 bits per heavy atom. The number of benzene rings is 3. The van der Waals surface area contributed by atoms with Gasteiger partial charge in [-0.05, 0) is 41.3 Å². The second-order valence-electron chi connectivity index (χ2n) is 6.23. The van der Waals surface area contributed by atoms with E-state index >= 15 is 0 Å². The highest BCUT2D eigenvalue weighted by Gasteiger charge is 2.20. The van der Waals surface area contributed by atoms with Gasteiger partial charge in [0.05, 0.1) is 5.69 Å². The van der Waals surface area contributed by atoms with Gasteiger partial charge in [-0.1, -0.05) is 54.6 Å². The topological polar surface area (TPSA) is 84.9 Å². The molecule has 6 heteroatoms. The molecule has 0 fully saturated rings. The van der Waals surface area contributed by atoms with Gasteiger partial charge in [-0.3, -0.25) is 5.32 Å². The third-order valence-electron chi connectivity index (χ3n) is 4.26. The average Bonchev–Trinajstić information content (AvgIpc) is 2.74. The second-order valence-corrected chi connectivity index (χ2v) is 6.23. The molecule has 0 spiro atoms. The first-order valence-electron chi connectivity index (χ1n) is 9.18. The van der Waals surface area contributed by atoms with Gasteiger partial charge in [0.25, 0.3) is 0 Å². The number of rotatable bonds is 6. The van der Waals surface area contributed by atoms with Crippen molar-refractivity contribution in [2.24, 2.45) is 0 Å². The SMILES string of the molecule is C#CCCc1c(-c2ccccc2)ccc(OC(=O)O)c1NC(=O)Oc1ccccc1. The van der Waals surface area contributed by atoms with Gasteiger partial charge in [-0.2, -0.15) is 0 Å². The molecule has 0 saturated heterocycles. The molecule has 1 amide bonds. The Hall–Kier alpha value is -4.24. The molecule has 0 bridgehead atoms. The summed E-state index contributed by atoms with van der Waals surface area (Å²) in [5.74, 6) is 2.91. The number of carbonyl (C=O) groups excluding carboxylic acids is 1. The summed E-state index contributed by atoms with van der Waals surface area (Å²) in [5, 5.41) is 11.7. The molecule has 3 rings (SSSR count). The van der Waals surface area contributed by atoms with E-state index in [1.165, 1.54) is 6.07 Å². The van der Waals surface area contributed by atoms with Crippen LogP contribution in [0.3, 0.4) is 0 Å². The molecular weight excluding hydrogens is 382 g/mol. The summed E-state index contributed by atoms with van der Waals surface area (Å²) in [7, 11) is 0. The van der Waals surface area contributed by atoms with Crippen molar-refractivity contribution in [3.63, 3.8) is 0 Å². The molecule has 0 saturated carbocycles. The summed E-state index contributed by atoms with van der Waals surface area (Å²) in [5.41, 5.74) is 2.56. The summed E-state index contributed by atoms with van der Waals surface area (Å²) in [6.45, 7) is 0. The summed E-state index contributed by atoms with van der Waals surface area (Å²) < 4.78 is 10.2. The van der Waals surface area contributed by atoms with Gasteiger partial charge in [0.15, 0.2) is 5.75 Å². The molecule has 150 valence electrons. The van der Waals surface area contributed by atoms with Crippen LogP contribution in [-0.4, -0.2) is 17.4 Å². The maximum Gasteiger partial charge on any atom is 0.511 e. The van der Waals surface area contributed by atoms with Gasteiger partial charge >= 0.3 is 12.2 Å². The Morgan fingerprint density at radius 3 is 2.23 bits per heavy atom. The third-order valence-corrected chi connectivity index (χ3v) is 4.26. The van der Waals surface area contributed by atoms with Crippen LogP contribution in [0.15, 0.2) is 72.8 Å². The highest BCUT2D eigenvalue weighted by Crippen LogP contribution is 2.37. The molecule has 3 aromatic carbocycles. The molecule has 6 nitrogen and oxygen atoms in total. The minimum Gasteiger partial charge on any atom is -0.449 e. The van der Waals surface area contributed by atoms with Crippen molar-refractivity contribution in [1.29, 1.82) is 0 Å². The van der Waals surface area contributed by atoms with E-state index in [2.05, 4.69) is 11.2 Å². The molecule has 0 aliphatic carbocycles. The van der Waals surface area contributed by atoms with Crippen molar-refractivity contribution in [2.75, 3.05) is 5.32 Å². The van der Waals surface area contributed by atoms with E-state index in [4.69, 9.17) is 21.0 Å². The zero-order valence-electron chi connectivity index (χ0n) is 16.0. The molecule has 3 aromatic rings. The van der Waals surface area contributed by atoms with Crippen LogP contribution in [0.4, 0.5) is 15.3 Å². The predicted molar refractivity (Wildman–Crippen MR) is 114 cm³/mol. The monoisotopic (exact) mass is 401 g/mol. The number of para-hydroxylation sites is 1. The Kier molecular flexibility index (Phi) is 6.70. The van der Waals surface area contributed by atoms with Crippen molar-refractivity contribution in [3.8, 4) is 35.0 Å². The van der Waals surface area contributed by atoms with E-state index in [0.717, 1.165) is 11.1 Å². The van der Waals surface area contributed by atoms with Crippen LogP contribution >= 0.6 is 0 Å². The molecule has 2 N–H and O–H groups in total. The van der Waals surface area contributed by atoms with E-state index in [9.17, 15) is 9.59 Å². The van der Waals surface area contributed by atoms with Crippen molar-refractivity contribution >= 4 is 17.9 Å². The zero-order valence-corrected chi connectivity index (χ0v) is 16.0. The number of ether oxygens (including phenoxy) is 2. The Bertz CT molecular complexity index is 1070. The maximum atomic E-state index is 12.5. The first-order valence-corrected chi connectivity index (χ1v) is 9.18. The molecule has 30 heavy (non-hydrogen) atoms. The lowest BCUT2D eigenvalue weighted by Crippen LogP contribution is -2.19. The van der Waals surface area contributed by atoms with Gasteiger partial charge in [0, 0.05) is 6.42 Å². The van der Waals surface area contributed by atoms with E-state index in [-0.39, 0.29) is 11.4 Å². The molecule has 0 atom stereocenters. The van der Waals surface area contributed by atoms with Crippen LogP contribution in [0.1, 0.15) is 12.0 Å². The lowest BCUT2D eigenvalue weighted by molar-refractivity contribution is 0.144. The lowest BCUT2D eigenvalue weighted by atomic mass is 9.94.